The first-order valence-electron chi connectivity index (χ1n) is 5.98. The number of halogens is 1. The fraction of sp³-hybridized carbons (Fsp3) is 0.231. The Bertz CT molecular complexity index is 772. The molecule has 0 aliphatic heterocycles. The summed E-state index contributed by atoms with van der Waals surface area (Å²) in [5, 5.41) is 3.58. The average molecular weight is 312 g/mol. The van der Waals surface area contributed by atoms with Crippen molar-refractivity contribution in [2.24, 2.45) is 0 Å². The standard InChI is InChI=1S/C13H13FN2O4S/c1-7-4-10(14)6-11(5-7)21(18,19)16-13(17)12-8(2)15-20-9(12)3/h4-6H,1-3H3,(H,16,17). The lowest BCUT2D eigenvalue weighted by Crippen LogP contribution is -2.31. The summed E-state index contributed by atoms with van der Waals surface area (Å²) in [5.74, 6) is -1.36. The lowest BCUT2D eigenvalue weighted by atomic mass is 10.2. The largest absolute Gasteiger partial charge is 0.361 e. The van der Waals surface area contributed by atoms with Crippen molar-refractivity contribution in [3.05, 3.63) is 46.6 Å². The molecule has 1 heterocycles. The molecule has 0 saturated heterocycles. The van der Waals surface area contributed by atoms with Crippen molar-refractivity contribution in [1.29, 1.82) is 0 Å². The van der Waals surface area contributed by atoms with Crippen LogP contribution in [0.25, 0.3) is 0 Å². The summed E-state index contributed by atoms with van der Waals surface area (Å²) in [4.78, 5) is 11.7. The highest BCUT2D eigenvalue weighted by Gasteiger charge is 2.24. The van der Waals surface area contributed by atoms with Crippen LogP contribution in [0.2, 0.25) is 0 Å². The van der Waals surface area contributed by atoms with Gasteiger partial charge in [0.1, 0.15) is 17.1 Å². The van der Waals surface area contributed by atoms with E-state index in [0.717, 1.165) is 6.07 Å². The number of rotatable bonds is 3. The highest BCUT2D eigenvalue weighted by atomic mass is 32.2. The zero-order chi connectivity index (χ0) is 15.8. The van der Waals surface area contributed by atoms with Crippen LogP contribution >= 0.6 is 0 Å². The summed E-state index contributed by atoms with van der Waals surface area (Å²) < 4.78 is 44.2. The number of hydrogen-bond acceptors (Lipinski definition) is 5. The summed E-state index contributed by atoms with van der Waals surface area (Å²) in [6.07, 6.45) is 0. The lowest BCUT2D eigenvalue weighted by molar-refractivity contribution is 0.0979. The van der Waals surface area contributed by atoms with Gasteiger partial charge in [-0.05, 0) is 44.5 Å². The number of amides is 1. The molecule has 0 fully saturated rings. The summed E-state index contributed by atoms with van der Waals surface area (Å²) in [7, 11) is -4.17. The summed E-state index contributed by atoms with van der Waals surface area (Å²) in [6.45, 7) is 4.57. The summed E-state index contributed by atoms with van der Waals surface area (Å²) in [5.41, 5.74) is 0.752. The normalized spacial score (nSPS) is 11.4. The van der Waals surface area contributed by atoms with Crippen molar-refractivity contribution in [3.8, 4) is 0 Å². The first kappa shape index (κ1) is 15.2. The molecule has 1 aromatic heterocycles. The van der Waals surface area contributed by atoms with Crippen LogP contribution in [0.3, 0.4) is 0 Å². The highest BCUT2D eigenvalue weighted by molar-refractivity contribution is 7.90. The van der Waals surface area contributed by atoms with E-state index in [9.17, 15) is 17.6 Å². The van der Waals surface area contributed by atoms with Crippen molar-refractivity contribution < 1.29 is 22.1 Å². The fourth-order valence-corrected chi connectivity index (χ4v) is 2.97. The number of nitrogens with one attached hydrogen (secondary N) is 1. The van der Waals surface area contributed by atoms with E-state index >= 15 is 0 Å². The lowest BCUT2D eigenvalue weighted by Gasteiger charge is -2.07. The number of benzene rings is 1. The second-order valence-electron chi connectivity index (χ2n) is 4.60. The Balaban J connectivity index is 2.36. The molecule has 21 heavy (non-hydrogen) atoms. The van der Waals surface area contributed by atoms with Crippen LogP contribution in [0, 0.1) is 26.6 Å². The zero-order valence-corrected chi connectivity index (χ0v) is 12.4. The van der Waals surface area contributed by atoms with Gasteiger partial charge in [0.15, 0.2) is 0 Å². The maximum absolute atomic E-state index is 13.3. The van der Waals surface area contributed by atoms with Crippen molar-refractivity contribution in [1.82, 2.24) is 9.88 Å². The van der Waals surface area contributed by atoms with E-state index < -0.39 is 21.7 Å². The minimum Gasteiger partial charge on any atom is -0.361 e. The van der Waals surface area contributed by atoms with E-state index in [1.807, 2.05) is 4.72 Å². The van der Waals surface area contributed by atoms with Crippen LogP contribution in [0.15, 0.2) is 27.6 Å². The van der Waals surface area contributed by atoms with Gasteiger partial charge >= 0.3 is 0 Å². The van der Waals surface area contributed by atoms with Crippen LogP contribution in [0.4, 0.5) is 4.39 Å². The smallest absolute Gasteiger partial charge is 0.270 e. The average Bonchev–Trinajstić information content (AvgIpc) is 2.67. The van der Waals surface area contributed by atoms with Crippen LogP contribution in [0.5, 0.6) is 0 Å². The zero-order valence-electron chi connectivity index (χ0n) is 11.6. The number of hydrogen-bond donors (Lipinski definition) is 1. The molecule has 112 valence electrons. The third kappa shape index (κ3) is 3.10. The molecular weight excluding hydrogens is 299 g/mol. The third-order valence-corrected chi connectivity index (χ3v) is 4.12. The predicted molar refractivity (Wildman–Crippen MR) is 71.8 cm³/mol. The number of aryl methyl sites for hydroxylation is 3. The van der Waals surface area contributed by atoms with E-state index in [0.29, 0.717) is 5.56 Å². The maximum atomic E-state index is 13.3. The Morgan fingerprint density at radius 2 is 1.90 bits per heavy atom. The SMILES string of the molecule is Cc1cc(F)cc(S(=O)(=O)NC(=O)c2c(C)noc2C)c1. The molecule has 0 radical (unpaired) electrons. The van der Waals surface area contributed by atoms with Crippen molar-refractivity contribution in [2.45, 2.75) is 25.7 Å². The molecule has 2 aromatic rings. The van der Waals surface area contributed by atoms with Gasteiger partial charge in [0, 0.05) is 0 Å². The van der Waals surface area contributed by atoms with Gasteiger partial charge in [0.2, 0.25) is 0 Å². The molecule has 0 spiro atoms. The molecular formula is C13H13FN2O4S. The quantitative estimate of drug-likeness (QED) is 0.934. The molecule has 0 unspecified atom stereocenters. The number of aromatic nitrogens is 1. The molecule has 6 nitrogen and oxygen atoms in total. The Labute approximate surface area is 121 Å². The van der Waals surface area contributed by atoms with Crippen LogP contribution in [0.1, 0.15) is 27.4 Å². The summed E-state index contributed by atoms with van der Waals surface area (Å²) in [6, 6.07) is 3.30. The molecule has 0 aliphatic carbocycles. The second kappa shape index (κ2) is 5.28. The van der Waals surface area contributed by atoms with Crippen molar-refractivity contribution >= 4 is 15.9 Å². The number of carbonyl (C=O) groups excluding carboxylic acids is 1. The van der Waals surface area contributed by atoms with E-state index in [1.54, 1.807) is 6.92 Å². The molecule has 8 heteroatoms. The van der Waals surface area contributed by atoms with E-state index in [2.05, 4.69) is 5.16 Å². The molecule has 1 aromatic carbocycles. The van der Waals surface area contributed by atoms with Crippen LogP contribution in [-0.4, -0.2) is 19.5 Å². The maximum Gasteiger partial charge on any atom is 0.270 e. The Hall–Kier alpha value is -2.22. The number of nitrogens with zero attached hydrogens (tertiary/aromatic N) is 1. The van der Waals surface area contributed by atoms with Gasteiger partial charge in [-0.15, -0.1) is 0 Å². The molecule has 0 atom stereocenters. The van der Waals surface area contributed by atoms with Crippen LogP contribution in [-0.2, 0) is 10.0 Å². The molecule has 1 N–H and O–H groups in total. The van der Waals surface area contributed by atoms with Gasteiger partial charge in [-0.2, -0.15) is 0 Å². The minimum absolute atomic E-state index is 0.0479. The molecule has 0 bridgehead atoms. The molecule has 0 saturated carbocycles. The number of sulfonamides is 1. The van der Waals surface area contributed by atoms with Crippen LogP contribution < -0.4 is 4.72 Å². The van der Waals surface area contributed by atoms with Gasteiger partial charge < -0.3 is 4.52 Å². The molecule has 2 rings (SSSR count). The Morgan fingerprint density at radius 1 is 1.24 bits per heavy atom. The topological polar surface area (TPSA) is 89.3 Å². The van der Waals surface area contributed by atoms with Gasteiger partial charge in [0.05, 0.1) is 10.6 Å². The predicted octanol–water partition coefficient (Wildman–Crippen LogP) is 1.86. The number of carbonyl (C=O) groups is 1. The van der Waals surface area contributed by atoms with E-state index in [1.165, 1.54) is 26.0 Å². The Morgan fingerprint density at radius 3 is 2.43 bits per heavy atom. The second-order valence-corrected chi connectivity index (χ2v) is 6.28. The Kier molecular flexibility index (Phi) is 3.82. The van der Waals surface area contributed by atoms with Crippen molar-refractivity contribution in [3.63, 3.8) is 0 Å². The van der Waals surface area contributed by atoms with E-state index in [-0.39, 0.29) is 21.9 Å². The highest BCUT2D eigenvalue weighted by Crippen LogP contribution is 2.16. The summed E-state index contributed by atoms with van der Waals surface area (Å²) >= 11 is 0. The molecule has 0 aliphatic rings. The first-order chi connectivity index (χ1) is 9.70. The fourth-order valence-electron chi connectivity index (χ4n) is 1.90. The van der Waals surface area contributed by atoms with Gasteiger partial charge in [-0.3, -0.25) is 4.79 Å². The van der Waals surface area contributed by atoms with Gasteiger partial charge in [0.25, 0.3) is 15.9 Å². The van der Waals surface area contributed by atoms with Crippen molar-refractivity contribution in [2.75, 3.05) is 0 Å². The van der Waals surface area contributed by atoms with Gasteiger partial charge in [-0.1, -0.05) is 5.16 Å². The third-order valence-electron chi connectivity index (χ3n) is 2.81. The van der Waals surface area contributed by atoms with Gasteiger partial charge in [-0.25, -0.2) is 17.5 Å². The molecule has 1 amide bonds. The minimum atomic E-state index is -4.17. The monoisotopic (exact) mass is 312 g/mol. The van der Waals surface area contributed by atoms with E-state index in [4.69, 9.17) is 4.52 Å². The first-order valence-corrected chi connectivity index (χ1v) is 7.46.